The fourth-order valence-corrected chi connectivity index (χ4v) is 7.27. The number of fused-ring (bicyclic) bond motifs is 2. The third-order valence-corrected chi connectivity index (χ3v) is 9.10. The maximum atomic E-state index is 14.2. The summed E-state index contributed by atoms with van der Waals surface area (Å²) < 4.78 is 20.4. The summed E-state index contributed by atoms with van der Waals surface area (Å²) in [4.78, 5) is 35.0. The molecule has 0 saturated carbocycles. The van der Waals surface area contributed by atoms with Gasteiger partial charge in [-0.2, -0.15) is 0 Å². The fourth-order valence-electron chi connectivity index (χ4n) is 5.69. The van der Waals surface area contributed by atoms with E-state index in [4.69, 9.17) is 18.9 Å². The van der Waals surface area contributed by atoms with E-state index < -0.39 is 12.0 Å². The lowest BCUT2D eigenvalue weighted by Gasteiger charge is -2.27. The van der Waals surface area contributed by atoms with Gasteiger partial charge in [0.2, 0.25) is 5.88 Å². The summed E-state index contributed by atoms with van der Waals surface area (Å²) in [7, 11) is 1.59. The molecule has 0 spiro atoms. The number of anilines is 1. The van der Waals surface area contributed by atoms with Crippen molar-refractivity contribution >= 4 is 56.0 Å². The number of benzene rings is 2. The quantitative estimate of drug-likeness (QED) is 0.267. The Kier molecular flexibility index (Phi) is 7.61. The van der Waals surface area contributed by atoms with Gasteiger partial charge in [-0.25, -0.2) is 9.79 Å². The van der Waals surface area contributed by atoms with Gasteiger partial charge in [0.25, 0.3) is 5.56 Å². The number of halogens is 1. The van der Waals surface area contributed by atoms with E-state index in [0.717, 1.165) is 47.1 Å². The number of esters is 1. The Balaban J connectivity index is 1.56. The van der Waals surface area contributed by atoms with Crippen LogP contribution in [0.3, 0.4) is 0 Å². The van der Waals surface area contributed by atoms with Crippen molar-refractivity contribution in [3.63, 3.8) is 0 Å². The number of hydrogen-bond donors (Lipinski definition) is 0. The molecule has 4 aromatic rings. The second-order valence-electron chi connectivity index (χ2n) is 10.1. The van der Waals surface area contributed by atoms with Crippen molar-refractivity contribution in [2.75, 3.05) is 31.7 Å². The van der Waals surface area contributed by atoms with Crippen molar-refractivity contribution in [1.82, 2.24) is 4.57 Å². The van der Waals surface area contributed by atoms with Crippen molar-refractivity contribution in [2.45, 2.75) is 39.2 Å². The number of carbonyl (C=O) groups excluding carboxylic acids is 1. The van der Waals surface area contributed by atoms with Crippen LogP contribution in [-0.2, 0) is 9.53 Å². The lowest BCUT2D eigenvalue weighted by molar-refractivity contribution is -0.139. The summed E-state index contributed by atoms with van der Waals surface area (Å²) in [5.74, 6) is 1.41. The molecule has 41 heavy (non-hydrogen) atoms. The highest BCUT2D eigenvalue weighted by atomic mass is 79.9. The number of rotatable bonds is 6. The van der Waals surface area contributed by atoms with Crippen molar-refractivity contribution in [1.29, 1.82) is 0 Å². The van der Waals surface area contributed by atoms with Gasteiger partial charge in [0, 0.05) is 30.8 Å². The Morgan fingerprint density at radius 2 is 1.98 bits per heavy atom. The molecule has 0 aliphatic carbocycles. The van der Waals surface area contributed by atoms with E-state index in [0.29, 0.717) is 37.7 Å². The van der Waals surface area contributed by atoms with Crippen LogP contribution in [0.25, 0.3) is 16.8 Å². The molecule has 0 bridgehead atoms. The molecule has 1 atom stereocenters. The first kappa shape index (κ1) is 27.5. The van der Waals surface area contributed by atoms with Gasteiger partial charge in [-0.05, 0) is 65.9 Å². The Bertz CT molecular complexity index is 1860. The van der Waals surface area contributed by atoms with E-state index in [-0.39, 0.29) is 12.2 Å². The topological polar surface area (TPSA) is 86.3 Å². The minimum Gasteiger partial charge on any atom is -0.496 e. The molecule has 6 rings (SSSR count). The third kappa shape index (κ3) is 4.93. The van der Waals surface area contributed by atoms with Crippen LogP contribution in [0, 0.1) is 0 Å². The number of methoxy groups -OCH3 is 1. The predicted octanol–water partition coefficient (Wildman–Crippen LogP) is 5.31. The van der Waals surface area contributed by atoms with E-state index >= 15 is 0 Å². The van der Waals surface area contributed by atoms with Gasteiger partial charge in [0.05, 0.1) is 34.0 Å². The number of hydrogen-bond acceptors (Lipinski definition) is 8. The summed E-state index contributed by atoms with van der Waals surface area (Å²) in [6.45, 7) is 5.62. The normalized spacial score (nSPS) is 17.5. The number of thiazole rings is 1. The average molecular weight is 637 g/mol. The summed E-state index contributed by atoms with van der Waals surface area (Å²) in [6, 6.07) is 12.8. The highest BCUT2D eigenvalue weighted by molar-refractivity contribution is 9.10. The summed E-state index contributed by atoms with van der Waals surface area (Å²) in [6.07, 6.45) is 5.23. The maximum Gasteiger partial charge on any atom is 0.338 e. The minimum absolute atomic E-state index is 0.201. The molecule has 10 heteroatoms. The van der Waals surface area contributed by atoms with Crippen LogP contribution >= 0.6 is 27.3 Å². The Morgan fingerprint density at radius 1 is 1.20 bits per heavy atom. The molecule has 2 aliphatic rings. The average Bonchev–Trinajstić information content (AvgIpc) is 3.50. The molecule has 0 amide bonds. The minimum atomic E-state index is -0.791. The number of nitrogens with zero attached hydrogens (tertiary/aromatic N) is 3. The first-order valence-electron chi connectivity index (χ1n) is 13.7. The van der Waals surface area contributed by atoms with Gasteiger partial charge in [-0.3, -0.25) is 9.36 Å². The van der Waals surface area contributed by atoms with Crippen LogP contribution in [-0.4, -0.2) is 37.3 Å². The van der Waals surface area contributed by atoms with Crippen LogP contribution in [0.15, 0.2) is 72.4 Å². The van der Waals surface area contributed by atoms with Crippen LogP contribution < -0.4 is 24.5 Å². The van der Waals surface area contributed by atoms with Crippen LogP contribution in [0.1, 0.15) is 50.5 Å². The Hall–Kier alpha value is -3.63. The highest BCUT2D eigenvalue weighted by Gasteiger charge is 2.36. The van der Waals surface area contributed by atoms with Crippen LogP contribution in [0.2, 0.25) is 0 Å². The smallest absolute Gasteiger partial charge is 0.338 e. The van der Waals surface area contributed by atoms with E-state index in [1.165, 1.54) is 17.8 Å². The molecule has 1 saturated heterocycles. The Labute approximate surface area is 249 Å². The molecule has 212 valence electrons. The first-order chi connectivity index (χ1) is 19.9. The summed E-state index contributed by atoms with van der Waals surface area (Å²) in [5, 5.41) is 1.85. The largest absolute Gasteiger partial charge is 0.496 e. The monoisotopic (exact) mass is 635 g/mol. The van der Waals surface area contributed by atoms with Crippen molar-refractivity contribution < 1.29 is 18.7 Å². The molecule has 1 fully saturated rings. The van der Waals surface area contributed by atoms with Crippen LogP contribution in [0.4, 0.5) is 5.88 Å². The number of ether oxygens (including phenoxy) is 2. The molecular weight excluding hydrogens is 606 g/mol. The molecule has 0 unspecified atom stereocenters. The van der Waals surface area contributed by atoms with E-state index in [1.54, 1.807) is 31.6 Å². The SMILES string of the molecule is CCOC(=O)C1=C(C)N=c2s/c(=C/c3cc(Br)c(N4CCCCC4)o3)c(=O)n2[C@H]1c1c(OC)ccc2ccccc12. The fraction of sp³-hybridized carbons (Fsp3) is 0.323. The van der Waals surface area contributed by atoms with E-state index in [9.17, 15) is 9.59 Å². The first-order valence-corrected chi connectivity index (χ1v) is 15.3. The zero-order chi connectivity index (χ0) is 28.7. The van der Waals surface area contributed by atoms with Gasteiger partial charge < -0.3 is 18.8 Å². The Morgan fingerprint density at radius 3 is 2.73 bits per heavy atom. The number of furan rings is 1. The highest BCUT2D eigenvalue weighted by Crippen LogP contribution is 2.40. The molecule has 4 heterocycles. The summed E-state index contributed by atoms with van der Waals surface area (Å²) >= 11 is 4.91. The van der Waals surface area contributed by atoms with Gasteiger partial charge in [-0.1, -0.05) is 41.7 Å². The number of piperidine rings is 1. The van der Waals surface area contributed by atoms with Gasteiger partial charge in [0.1, 0.15) is 17.6 Å². The molecule has 2 aliphatic heterocycles. The molecule has 2 aromatic carbocycles. The third-order valence-electron chi connectivity index (χ3n) is 7.55. The number of aromatic nitrogens is 1. The zero-order valence-corrected chi connectivity index (χ0v) is 25.5. The van der Waals surface area contributed by atoms with Crippen LogP contribution in [0.5, 0.6) is 5.75 Å². The molecule has 0 radical (unpaired) electrons. The molecule has 0 N–H and O–H groups in total. The van der Waals surface area contributed by atoms with Crippen molar-refractivity contribution in [3.05, 3.63) is 89.2 Å². The molecule has 8 nitrogen and oxygen atoms in total. The number of carbonyl (C=O) groups is 1. The standard InChI is InChI=1S/C31H30BrN3O5S/c1-4-39-30(37)25-18(2)33-31-35(27(25)26-21-11-7-6-10-19(21)12-13-23(26)38-3)28(36)24(41-31)17-20-16-22(32)29(40-20)34-14-8-5-9-15-34/h6-7,10-13,16-17,27H,4-5,8-9,14-15H2,1-3H3/b24-17+/t27-/m1/s1. The van der Waals surface area contributed by atoms with Crippen molar-refractivity contribution in [2.24, 2.45) is 4.99 Å². The maximum absolute atomic E-state index is 14.2. The van der Waals surface area contributed by atoms with Crippen molar-refractivity contribution in [3.8, 4) is 5.75 Å². The molecular formula is C31H30BrN3O5S. The number of allylic oxidation sites excluding steroid dienone is 1. The second-order valence-corrected chi connectivity index (χ2v) is 11.9. The lowest BCUT2D eigenvalue weighted by Crippen LogP contribution is -2.40. The van der Waals surface area contributed by atoms with Gasteiger partial charge in [-0.15, -0.1) is 0 Å². The molecule has 2 aromatic heterocycles. The second kappa shape index (κ2) is 11.3. The van der Waals surface area contributed by atoms with E-state index in [1.807, 2.05) is 42.5 Å². The van der Waals surface area contributed by atoms with Gasteiger partial charge in [0.15, 0.2) is 4.80 Å². The summed E-state index contributed by atoms with van der Waals surface area (Å²) in [5.41, 5.74) is 1.26. The van der Waals surface area contributed by atoms with Gasteiger partial charge >= 0.3 is 5.97 Å². The predicted molar refractivity (Wildman–Crippen MR) is 163 cm³/mol. The zero-order valence-electron chi connectivity index (χ0n) is 23.1. The van der Waals surface area contributed by atoms with E-state index in [2.05, 4.69) is 20.8 Å². The lowest BCUT2D eigenvalue weighted by atomic mass is 9.90.